The van der Waals surface area contributed by atoms with Crippen LogP contribution in [0.3, 0.4) is 0 Å². The molecule has 1 N–H and O–H groups in total. The van der Waals surface area contributed by atoms with Crippen LogP contribution in [0.15, 0.2) is 0 Å². The summed E-state index contributed by atoms with van der Waals surface area (Å²) >= 11 is 0. The zero-order valence-electron chi connectivity index (χ0n) is 21.5. The van der Waals surface area contributed by atoms with E-state index in [1.807, 2.05) is 0 Å². The number of fused-ring (bicyclic) bond motifs is 1. The predicted octanol–water partition coefficient (Wildman–Crippen LogP) is 6.31. The van der Waals surface area contributed by atoms with Crippen LogP contribution in [0, 0.1) is 23.2 Å². The summed E-state index contributed by atoms with van der Waals surface area (Å²) in [6.45, 7) is 16.6. The van der Waals surface area contributed by atoms with Crippen LogP contribution in [0.2, 0.25) is 19.6 Å². The number of Topliss-reactive ketones (excluding diaryl/α,β-unsaturated/α-hetero) is 2. The van der Waals surface area contributed by atoms with Crippen molar-refractivity contribution in [2.75, 3.05) is 0 Å². The van der Waals surface area contributed by atoms with Crippen LogP contribution < -0.4 is 0 Å². The lowest BCUT2D eigenvalue weighted by Gasteiger charge is -2.43. The first-order chi connectivity index (χ1) is 14.1. The molecule has 180 valence electrons. The second-order valence-electron chi connectivity index (χ2n) is 12.7. The number of carbonyl (C=O) groups is 2. The molecule has 0 aromatic rings. The molecule has 0 heterocycles. The van der Waals surface area contributed by atoms with Gasteiger partial charge in [-0.3, -0.25) is 9.59 Å². The molecular weight excluding hydrogens is 404 g/mol. The first-order valence-corrected chi connectivity index (χ1v) is 15.9. The molecule has 0 aliphatic heterocycles. The van der Waals surface area contributed by atoms with Crippen molar-refractivity contribution in [1.82, 2.24) is 0 Å². The number of rotatable bonds is 11. The van der Waals surface area contributed by atoms with E-state index in [1.54, 1.807) is 13.8 Å². The van der Waals surface area contributed by atoms with Crippen molar-refractivity contribution in [2.24, 2.45) is 23.2 Å². The largest absolute Gasteiger partial charge is 0.413 e. The Morgan fingerprint density at radius 2 is 1.84 bits per heavy atom. The summed E-state index contributed by atoms with van der Waals surface area (Å²) < 4.78 is 6.40. The fourth-order valence-electron chi connectivity index (χ4n) is 6.58. The maximum absolute atomic E-state index is 12.6. The molecule has 31 heavy (non-hydrogen) atoms. The van der Waals surface area contributed by atoms with E-state index in [0.29, 0.717) is 24.0 Å². The highest BCUT2D eigenvalue weighted by Crippen LogP contribution is 2.58. The zero-order chi connectivity index (χ0) is 23.7. The molecule has 0 aromatic heterocycles. The second kappa shape index (κ2) is 9.76. The summed E-state index contributed by atoms with van der Waals surface area (Å²) in [4.78, 5) is 25.1. The minimum Gasteiger partial charge on any atom is -0.413 e. The molecular formula is C26H48O4Si. The quantitative estimate of drug-likeness (QED) is 0.373. The van der Waals surface area contributed by atoms with Crippen LogP contribution in [-0.2, 0) is 14.0 Å². The summed E-state index contributed by atoms with van der Waals surface area (Å²) in [6, 6.07) is 0. The Bertz CT molecular complexity index is 643. The van der Waals surface area contributed by atoms with Crippen molar-refractivity contribution in [1.29, 1.82) is 0 Å². The van der Waals surface area contributed by atoms with Crippen LogP contribution in [0.5, 0.6) is 0 Å². The van der Waals surface area contributed by atoms with Crippen molar-refractivity contribution in [3.8, 4) is 0 Å². The Morgan fingerprint density at radius 3 is 2.42 bits per heavy atom. The summed E-state index contributed by atoms with van der Waals surface area (Å²) in [5.41, 5.74) is -1.30. The summed E-state index contributed by atoms with van der Waals surface area (Å²) in [7, 11) is -1.60. The maximum Gasteiger partial charge on any atom is 0.184 e. The van der Waals surface area contributed by atoms with Gasteiger partial charge in [-0.2, -0.15) is 0 Å². The smallest absolute Gasteiger partial charge is 0.184 e. The molecule has 0 aromatic carbocycles. The first kappa shape index (κ1) is 26.7. The van der Waals surface area contributed by atoms with E-state index in [-0.39, 0.29) is 22.7 Å². The lowest BCUT2D eigenvalue weighted by Crippen LogP contribution is -2.40. The van der Waals surface area contributed by atoms with Crippen LogP contribution in [0.25, 0.3) is 0 Å². The zero-order valence-corrected chi connectivity index (χ0v) is 22.5. The molecule has 0 saturated heterocycles. The topological polar surface area (TPSA) is 63.6 Å². The van der Waals surface area contributed by atoms with Crippen LogP contribution in [0.1, 0.15) is 98.8 Å². The molecule has 2 aliphatic carbocycles. The van der Waals surface area contributed by atoms with Crippen molar-refractivity contribution >= 4 is 19.9 Å². The van der Waals surface area contributed by atoms with Crippen molar-refractivity contribution in [3.63, 3.8) is 0 Å². The van der Waals surface area contributed by atoms with Gasteiger partial charge in [0.25, 0.3) is 0 Å². The first-order valence-electron chi connectivity index (χ1n) is 12.5. The standard InChI is InChI=1S/C26H48O4Si/c1-24(2,30-31(6,7)8)17-9-11-19(13-16-23(28)25(3,4)29)20-14-15-21-22(27)12-10-18-26(20,21)5/h19-21,29H,9-18H2,1-8H3/t19-,20?,21?,26+/m0/s1. The predicted molar refractivity (Wildman–Crippen MR) is 130 cm³/mol. The minimum atomic E-state index is -1.60. The van der Waals surface area contributed by atoms with E-state index in [0.717, 1.165) is 57.8 Å². The van der Waals surface area contributed by atoms with Gasteiger partial charge in [-0.25, -0.2) is 0 Å². The van der Waals surface area contributed by atoms with E-state index >= 15 is 0 Å². The minimum absolute atomic E-state index is 0.0701. The number of aliphatic hydroxyl groups is 1. The average molecular weight is 453 g/mol. The van der Waals surface area contributed by atoms with Gasteiger partial charge < -0.3 is 9.53 Å². The fourth-order valence-corrected chi connectivity index (χ4v) is 8.34. The van der Waals surface area contributed by atoms with E-state index in [4.69, 9.17) is 4.43 Å². The normalized spacial score (nSPS) is 28.5. The number of hydrogen-bond acceptors (Lipinski definition) is 4. The van der Waals surface area contributed by atoms with Crippen molar-refractivity contribution in [2.45, 2.75) is 130 Å². The Labute approximate surface area is 192 Å². The third-order valence-corrected chi connectivity index (χ3v) is 9.03. The van der Waals surface area contributed by atoms with Gasteiger partial charge in [0.1, 0.15) is 11.4 Å². The third kappa shape index (κ3) is 7.23. The van der Waals surface area contributed by atoms with E-state index < -0.39 is 13.9 Å². The Morgan fingerprint density at radius 1 is 1.19 bits per heavy atom. The second-order valence-corrected chi connectivity index (χ2v) is 17.1. The third-order valence-electron chi connectivity index (χ3n) is 7.87. The van der Waals surface area contributed by atoms with Crippen LogP contribution in [0.4, 0.5) is 0 Å². The van der Waals surface area contributed by atoms with Gasteiger partial charge in [0.05, 0.1) is 5.60 Å². The highest BCUT2D eigenvalue weighted by atomic mass is 28.4. The monoisotopic (exact) mass is 452 g/mol. The molecule has 4 atom stereocenters. The molecule has 0 amide bonds. The molecule has 0 spiro atoms. The van der Waals surface area contributed by atoms with Gasteiger partial charge in [0.2, 0.25) is 0 Å². The van der Waals surface area contributed by atoms with E-state index in [1.165, 1.54) is 0 Å². The van der Waals surface area contributed by atoms with Crippen molar-refractivity contribution < 1.29 is 19.1 Å². The lowest BCUT2D eigenvalue weighted by atomic mass is 9.61. The Hall–Kier alpha value is -0.523. The summed E-state index contributed by atoms with van der Waals surface area (Å²) in [5, 5.41) is 10.1. The van der Waals surface area contributed by atoms with Gasteiger partial charge in [-0.05, 0) is 103 Å². The summed E-state index contributed by atoms with van der Waals surface area (Å²) in [6.07, 6.45) is 9.40. The molecule has 2 saturated carbocycles. The molecule has 0 bridgehead atoms. The molecule has 2 rings (SSSR count). The molecule has 2 aliphatic rings. The van der Waals surface area contributed by atoms with Crippen molar-refractivity contribution in [3.05, 3.63) is 0 Å². The van der Waals surface area contributed by atoms with Gasteiger partial charge in [0, 0.05) is 18.8 Å². The fraction of sp³-hybridized carbons (Fsp3) is 0.923. The highest BCUT2D eigenvalue weighted by molar-refractivity contribution is 6.69. The molecule has 2 unspecified atom stereocenters. The Balaban J connectivity index is 2.10. The molecule has 0 radical (unpaired) electrons. The van der Waals surface area contributed by atoms with E-state index in [9.17, 15) is 14.7 Å². The van der Waals surface area contributed by atoms with Crippen LogP contribution in [-0.4, -0.2) is 36.2 Å². The van der Waals surface area contributed by atoms with Gasteiger partial charge >= 0.3 is 0 Å². The molecule has 2 fully saturated rings. The summed E-state index contributed by atoms with van der Waals surface area (Å²) in [5.74, 6) is 1.53. The number of carbonyl (C=O) groups excluding carboxylic acids is 2. The highest BCUT2D eigenvalue weighted by Gasteiger charge is 2.53. The molecule has 5 heteroatoms. The Kier molecular flexibility index (Phi) is 8.42. The number of hydrogen-bond donors (Lipinski definition) is 1. The average Bonchev–Trinajstić information content (AvgIpc) is 2.93. The van der Waals surface area contributed by atoms with E-state index in [2.05, 4.69) is 40.4 Å². The van der Waals surface area contributed by atoms with Gasteiger partial charge in [0.15, 0.2) is 14.1 Å². The maximum atomic E-state index is 12.6. The molecule has 4 nitrogen and oxygen atoms in total. The van der Waals surface area contributed by atoms with Crippen LogP contribution >= 0.6 is 0 Å². The van der Waals surface area contributed by atoms with Gasteiger partial charge in [-0.15, -0.1) is 0 Å². The van der Waals surface area contributed by atoms with Gasteiger partial charge in [-0.1, -0.05) is 19.8 Å². The SMILES string of the molecule is CC(C)(CCC[C@@H](CCC(=O)C(C)(C)O)C1CCC2C(=O)CCC[C@@]21C)O[Si](C)(C)C. The lowest BCUT2D eigenvalue weighted by molar-refractivity contribution is -0.135. The number of ketones is 2.